The Kier molecular flexibility index (Phi) is 6.57. The van der Waals surface area contributed by atoms with Crippen LogP contribution in [0.1, 0.15) is 36.5 Å². The van der Waals surface area contributed by atoms with Gasteiger partial charge in [0.15, 0.2) is 5.96 Å². The van der Waals surface area contributed by atoms with Crippen molar-refractivity contribution in [3.05, 3.63) is 63.1 Å². The maximum Gasteiger partial charge on any atom is 0.274 e. The summed E-state index contributed by atoms with van der Waals surface area (Å²) in [6.45, 7) is 8.23. The first kappa shape index (κ1) is 20.4. The summed E-state index contributed by atoms with van der Waals surface area (Å²) in [4.78, 5) is 15.1. The number of nitrogens with zero attached hydrogens (tertiary/aromatic N) is 2. The fourth-order valence-electron chi connectivity index (χ4n) is 2.85. The number of guanidine groups is 1. The third-order valence-electron chi connectivity index (χ3n) is 4.16. The molecule has 8 heteroatoms. The molecule has 2 rings (SSSR count). The van der Waals surface area contributed by atoms with Gasteiger partial charge in [0.05, 0.1) is 23.6 Å². The van der Waals surface area contributed by atoms with Gasteiger partial charge in [0.1, 0.15) is 17.1 Å². The van der Waals surface area contributed by atoms with Crippen molar-refractivity contribution in [3.8, 4) is 0 Å². The van der Waals surface area contributed by atoms with Gasteiger partial charge in [0.2, 0.25) is 0 Å². The number of benzene rings is 1. The van der Waals surface area contributed by atoms with Crippen LogP contribution >= 0.6 is 0 Å². The van der Waals surface area contributed by atoms with Crippen molar-refractivity contribution < 1.29 is 14.4 Å². The highest BCUT2D eigenvalue weighted by Gasteiger charge is 2.28. The number of nitro benzene ring substituents is 1. The van der Waals surface area contributed by atoms with Crippen LogP contribution in [0.15, 0.2) is 39.7 Å². The van der Waals surface area contributed by atoms with E-state index in [1.807, 2.05) is 26.8 Å². The summed E-state index contributed by atoms with van der Waals surface area (Å²) in [6.07, 6.45) is 0. The van der Waals surface area contributed by atoms with Crippen molar-refractivity contribution in [1.29, 1.82) is 0 Å². The molecule has 0 amide bonds. The molecule has 0 fully saturated rings. The number of aliphatic hydroxyl groups is 1. The summed E-state index contributed by atoms with van der Waals surface area (Å²) in [5.74, 6) is 1.87. The molecule has 0 radical (unpaired) electrons. The molecule has 0 aliphatic rings. The molecule has 146 valence electrons. The van der Waals surface area contributed by atoms with Gasteiger partial charge < -0.3 is 20.2 Å². The topological polar surface area (TPSA) is 113 Å². The zero-order valence-electron chi connectivity index (χ0n) is 16.1. The van der Waals surface area contributed by atoms with Crippen LogP contribution < -0.4 is 10.6 Å². The molecule has 0 spiro atoms. The zero-order chi connectivity index (χ0) is 20.0. The van der Waals surface area contributed by atoms with Crippen molar-refractivity contribution in [2.75, 3.05) is 13.1 Å². The average Bonchev–Trinajstić information content (AvgIpc) is 2.97. The van der Waals surface area contributed by atoms with E-state index < -0.39 is 10.5 Å². The Labute approximate surface area is 158 Å². The van der Waals surface area contributed by atoms with Crippen molar-refractivity contribution in [1.82, 2.24) is 10.6 Å². The van der Waals surface area contributed by atoms with Gasteiger partial charge in [-0.15, -0.1) is 0 Å². The van der Waals surface area contributed by atoms with E-state index in [0.717, 1.165) is 5.76 Å². The maximum atomic E-state index is 11.1. The quantitative estimate of drug-likeness (QED) is 0.297. The van der Waals surface area contributed by atoms with Gasteiger partial charge in [-0.1, -0.05) is 18.2 Å². The van der Waals surface area contributed by atoms with Gasteiger partial charge in [-0.05, 0) is 33.8 Å². The molecule has 0 saturated carbocycles. The molecule has 1 aromatic heterocycles. The minimum Gasteiger partial charge on any atom is -0.466 e. The summed E-state index contributed by atoms with van der Waals surface area (Å²) in [5.41, 5.74) is 0.111. The Morgan fingerprint density at radius 3 is 2.63 bits per heavy atom. The predicted molar refractivity (Wildman–Crippen MR) is 104 cm³/mol. The molecule has 0 bridgehead atoms. The van der Waals surface area contributed by atoms with E-state index in [1.165, 1.54) is 6.07 Å². The molecular formula is C19H26N4O4. The van der Waals surface area contributed by atoms with Crippen LogP contribution in [-0.2, 0) is 12.1 Å². The first-order chi connectivity index (χ1) is 12.7. The first-order valence-electron chi connectivity index (χ1n) is 8.79. The van der Waals surface area contributed by atoms with Crippen LogP contribution in [0.3, 0.4) is 0 Å². The lowest BCUT2D eigenvalue weighted by molar-refractivity contribution is -0.385. The molecular weight excluding hydrogens is 348 g/mol. The predicted octanol–water partition coefficient (Wildman–Crippen LogP) is 2.77. The number of hydrogen-bond donors (Lipinski definition) is 3. The van der Waals surface area contributed by atoms with Crippen molar-refractivity contribution in [3.63, 3.8) is 0 Å². The Morgan fingerprint density at radius 2 is 2.04 bits per heavy atom. The van der Waals surface area contributed by atoms with Crippen molar-refractivity contribution in [2.24, 2.45) is 4.99 Å². The lowest BCUT2D eigenvalue weighted by atomic mass is 9.96. The van der Waals surface area contributed by atoms with Gasteiger partial charge in [-0.25, -0.2) is 4.99 Å². The van der Waals surface area contributed by atoms with E-state index >= 15 is 0 Å². The number of rotatable bonds is 7. The zero-order valence-corrected chi connectivity index (χ0v) is 16.1. The highest BCUT2D eigenvalue weighted by atomic mass is 16.6. The number of nitro groups is 1. The van der Waals surface area contributed by atoms with Gasteiger partial charge in [-0.3, -0.25) is 10.1 Å². The Morgan fingerprint density at radius 1 is 1.33 bits per heavy atom. The van der Waals surface area contributed by atoms with Gasteiger partial charge in [0, 0.05) is 18.2 Å². The first-order valence-corrected chi connectivity index (χ1v) is 8.79. The molecule has 1 heterocycles. The summed E-state index contributed by atoms with van der Waals surface area (Å²) >= 11 is 0. The maximum absolute atomic E-state index is 11.1. The molecule has 8 nitrogen and oxygen atoms in total. The Balaban J connectivity index is 2.12. The highest BCUT2D eigenvalue weighted by Crippen LogP contribution is 2.26. The molecule has 1 aromatic carbocycles. The van der Waals surface area contributed by atoms with Crippen LogP contribution in [0.2, 0.25) is 0 Å². The highest BCUT2D eigenvalue weighted by molar-refractivity contribution is 5.79. The summed E-state index contributed by atoms with van der Waals surface area (Å²) < 4.78 is 5.50. The lowest BCUT2D eigenvalue weighted by Gasteiger charge is -2.24. The number of para-hydroxylation sites is 1. The third kappa shape index (κ3) is 5.30. The number of nitrogens with one attached hydrogen (secondary N) is 2. The van der Waals surface area contributed by atoms with E-state index in [0.29, 0.717) is 29.4 Å². The van der Waals surface area contributed by atoms with Crippen molar-refractivity contribution in [2.45, 2.75) is 39.8 Å². The minimum atomic E-state index is -1.16. The molecule has 1 unspecified atom stereocenters. The normalized spacial score (nSPS) is 13.9. The molecule has 0 aliphatic carbocycles. The van der Waals surface area contributed by atoms with Gasteiger partial charge >= 0.3 is 0 Å². The lowest BCUT2D eigenvalue weighted by Crippen LogP contribution is -2.44. The second-order valence-corrected chi connectivity index (χ2v) is 6.54. The molecule has 27 heavy (non-hydrogen) atoms. The Hall–Kier alpha value is -2.87. The van der Waals surface area contributed by atoms with Crippen molar-refractivity contribution >= 4 is 11.6 Å². The van der Waals surface area contributed by atoms with Gasteiger partial charge in [-0.2, -0.15) is 0 Å². The molecule has 1 atom stereocenters. The van der Waals surface area contributed by atoms with Crippen LogP contribution in [0.5, 0.6) is 0 Å². The fraction of sp³-hybridized carbons (Fsp3) is 0.421. The second-order valence-electron chi connectivity index (χ2n) is 6.54. The summed E-state index contributed by atoms with van der Waals surface area (Å²) in [6, 6.07) is 8.32. The van der Waals surface area contributed by atoms with E-state index in [-0.39, 0.29) is 18.8 Å². The monoisotopic (exact) mass is 374 g/mol. The largest absolute Gasteiger partial charge is 0.466 e. The Bertz CT molecular complexity index is 827. The SMILES string of the molecule is CCNC(=NCc1ccccc1[N+](=O)[O-])NCC(C)(O)c1cc(C)oc1C. The van der Waals surface area contributed by atoms with E-state index in [1.54, 1.807) is 25.1 Å². The standard InChI is InChI=1S/C19H26N4O4/c1-5-20-18(21-11-15-8-6-7-9-17(15)23(25)26)22-12-19(4,24)16-10-13(2)27-14(16)3/h6-10,24H,5,11-12H2,1-4H3,(H2,20,21,22). The smallest absolute Gasteiger partial charge is 0.274 e. The van der Waals surface area contributed by atoms with E-state index in [4.69, 9.17) is 4.42 Å². The molecule has 0 aliphatic heterocycles. The van der Waals surface area contributed by atoms with Crippen LogP contribution in [0, 0.1) is 24.0 Å². The van der Waals surface area contributed by atoms with E-state index in [9.17, 15) is 15.2 Å². The van der Waals surface area contributed by atoms with Gasteiger partial charge in [0.25, 0.3) is 5.69 Å². The number of aryl methyl sites for hydroxylation is 2. The summed E-state index contributed by atoms with van der Waals surface area (Å²) in [5, 5.41) is 28.1. The van der Waals surface area contributed by atoms with Crippen LogP contribution in [-0.4, -0.2) is 29.1 Å². The number of furan rings is 1. The van der Waals surface area contributed by atoms with Crippen LogP contribution in [0.25, 0.3) is 0 Å². The van der Waals surface area contributed by atoms with Crippen LogP contribution in [0.4, 0.5) is 5.69 Å². The molecule has 2 aromatic rings. The summed E-state index contributed by atoms with van der Waals surface area (Å²) in [7, 11) is 0. The minimum absolute atomic E-state index is 0.0357. The molecule has 3 N–H and O–H groups in total. The second kappa shape index (κ2) is 8.68. The third-order valence-corrected chi connectivity index (χ3v) is 4.16. The fourth-order valence-corrected chi connectivity index (χ4v) is 2.85. The average molecular weight is 374 g/mol. The van der Waals surface area contributed by atoms with E-state index in [2.05, 4.69) is 15.6 Å². The molecule has 0 saturated heterocycles. The number of hydrogen-bond acceptors (Lipinski definition) is 5. The number of aliphatic imine (C=N–C) groups is 1.